The summed E-state index contributed by atoms with van der Waals surface area (Å²) in [5.41, 5.74) is 14.5. The molecule has 2 aliphatic rings. The Kier molecular flexibility index (Phi) is 4.19. The van der Waals surface area contributed by atoms with Gasteiger partial charge < -0.3 is 16.2 Å². The first-order chi connectivity index (χ1) is 12.1. The van der Waals surface area contributed by atoms with Gasteiger partial charge >= 0.3 is 0 Å². The maximum Gasteiger partial charge on any atom is 0.248 e. The van der Waals surface area contributed by atoms with Crippen molar-refractivity contribution in [2.45, 2.75) is 31.0 Å². The fraction of sp³-hybridized carbons (Fsp3) is 0.350. The predicted molar refractivity (Wildman–Crippen MR) is 96.4 cm³/mol. The SMILES string of the molecule is NC(=O)c1cccc(O[C@@H]2c3ccccc3C[C@H]2N2CCC(N)C2)c1. The third-order valence-corrected chi connectivity index (χ3v) is 5.25. The summed E-state index contributed by atoms with van der Waals surface area (Å²) >= 11 is 0. The number of carbonyl (C=O) groups is 1. The number of amides is 1. The molecule has 3 atom stereocenters. The maximum atomic E-state index is 11.4. The first-order valence-corrected chi connectivity index (χ1v) is 8.76. The summed E-state index contributed by atoms with van der Waals surface area (Å²) in [5.74, 6) is 0.228. The largest absolute Gasteiger partial charge is 0.484 e. The van der Waals surface area contributed by atoms with E-state index in [1.807, 2.05) is 12.1 Å². The lowest BCUT2D eigenvalue weighted by Crippen LogP contribution is -2.40. The second kappa shape index (κ2) is 6.50. The molecule has 5 heteroatoms. The molecule has 4 N–H and O–H groups in total. The summed E-state index contributed by atoms with van der Waals surface area (Å²) in [5, 5.41) is 0. The van der Waals surface area contributed by atoms with Crippen LogP contribution in [0.5, 0.6) is 5.75 Å². The number of rotatable bonds is 4. The van der Waals surface area contributed by atoms with Gasteiger partial charge in [0.2, 0.25) is 5.91 Å². The summed E-state index contributed by atoms with van der Waals surface area (Å²) < 4.78 is 6.36. The third kappa shape index (κ3) is 3.13. The molecule has 4 rings (SSSR count). The molecular formula is C20H23N3O2. The van der Waals surface area contributed by atoms with Crippen LogP contribution in [-0.2, 0) is 6.42 Å². The number of hydrogen-bond acceptors (Lipinski definition) is 4. The van der Waals surface area contributed by atoms with Gasteiger partial charge in [-0.1, -0.05) is 30.3 Å². The van der Waals surface area contributed by atoms with Crippen LogP contribution in [0.2, 0.25) is 0 Å². The van der Waals surface area contributed by atoms with Crippen molar-refractivity contribution in [2.24, 2.45) is 11.5 Å². The summed E-state index contributed by atoms with van der Waals surface area (Å²) in [6.45, 7) is 1.90. The number of fused-ring (bicyclic) bond motifs is 1. The Hall–Kier alpha value is -2.37. The van der Waals surface area contributed by atoms with E-state index in [4.69, 9.17) is 16.2 Å². The van der Waals surface area contributed by atoms with Gasteiger partial charge in [0.25, 0.3) is 0 Å². The zero-order valence-corrected chi connectivity index (χ0v) is 14.1. The van der Waals surface area contributed by atoms with E-state index in [1.165, 1.54) is 11.1 Å². The van der Waals surface area contributed by atoms with Gasteiger partial charge in [-0.15, -0.1) is 0 Å². The molecule has 1 heterocycles. The first-order valence-electron chi connectivity index (χ1n) is 8.76. The number of primary amides is 1. The second-order valence-electron chi connectivity index (χ2n) is 6.94. The maximum absolute atomic E-state index is 11.4. The Morgan fingerprint density at radius 2 is 2.00 bits per heavy atom. The van der Waals surface area contributed by atoms with E-state index in [9.17, 15) is 4.79 Å². The minimum absolute atomic E-state index is 0.0652. The van der Waals surface area contributed by atoms with E-state index in [0.717, 1.165) is 25.9 Å². The minimum atomic E-state index is -0.445. The predicted octanol–water partition coefficient (Wildman–Crippen LogP) is 1.86. The molecule has 2 aromatic rings. The molecular weight excluding hydrogens is 314 g/mol. The van der Waals surface area contributed by atoms with Crippen LogP contribution in [0.3, 0.4) is 0 Å². The van der Waals surface area contributed by atoms with Crippen molar-refractivity contribution < 1.29 is 9.53 Å². The summed E-state index contributed by atoms with van der Waals surface area (Å²) in [6, 6.07) is 16.0. The van der Waals surface area contributed by atoms with E-state index in [2.05, 4.69) is 23.1 Å². The fourth-order valence-corrected chi connectivity index (χ4v) is 3.99. The van der Waals surface area contributed by atoms with Crippen molar-refractivity contribution in [2.75, 3.05) is 13.1 Å². The molecule has 2 aromatic carbocycles. The highest BCUT2D eigenvalue weighted by atomic mass is 16.5. The molecule has 130 valence electrons. The number of nitrogens with zero attached hydrogens (tertiary/aromatic N) is 1. The first kappa shape index (κ1) is 16.1. The summed E-state index contributed by atoms with van der Waals surface area (Å²) in [4.78, 5) is 13.9. The number of carbonyl (C=O) groups excluding carboxylic acids is 1. The van der Waals surface area contributed by atoms with E-state index < -0.39 is 5.91 Å². The van der Waals surface area contributed by atoms with Gasteiger partial charge in [-0.05, 0) is 42.2 Å². The van der Waals surface area contributed by atoms with Crippen LogP contribution in [0.25, 0.3) is 0 Å². The Labute approximate surface area is 147 Å². The molecule has 1 amide bonds. The smallest absolute Gasteiger partial charge is 0.248 e. The van der Waals surface area contributed by atoms with Crippen LogP contribution in [-0.4, -0.2) is 36.0 Å². The quantitative estimate of drug-likeness (QED) is 0.892. The average molecular weight is 337 g/mol. The van der Waals surface area contributed by atoms with E-state index in [0.29, 0.717) is 11.3 Å². The van der Waals surface area contributed by atoms with Gasteiger partial charge in [0, 0.05) is 24.7 Å². The van der Waals surface area contributed by atoms with Crippen molar-refractivity contribution in [3.05, 3.63) is 65.2 Å². The zero-order valence-electron chi connectivity index (χ0n) is 14.1. The number of hydrogen-bond donors (Lipinski definition) is 2. The molecule has 1 aliphatic carbocycles. The molecule has 0 saturated carbocycles. The monoisotopic (exact) mass is 337 g/mol. The van der Waals surface area contributed by atoms with Gasteiger partial charge in [0.15, 0.2) is 0 Å². The zero-order chi connectivity index (χ0) is 17.4. The number of likely N-dealkylation sites (tertiary alicyclic amines) is 1. The van der Waals surface area contributed by atoms with Crippen LogP contribution >= 0.6 is 0 Å². The van der Waals surface area contributed by atoms with Gasteiger partial charge in [0.05, 0.1) is 6.04 Å². The molecule has 1 fully saturated rings. The Morgan fingerprint density at radius 3 is 2.76 bits per heavy atom. The normalized spacial score (nSPS) is 25.7. The van der Waals surface area contributed by atoms with Crippen LogP contribution in [0, 0.1) is 0 Å². The molecule has 0 spiro atoms. The van der Waals surface area contributed by atoms with Crippen LogP contribution in [0.15, 0.2) is 48.5 Å². The van der Waals surface area contributed by atoms with Gasteiger partial charge in [-0.3, -0.25) is 9.69 Å². The topological polar surface area (TPSA) is 81.6 Å². The minimum Gasteiger partial charge on any atom is -0.484 e. The number of ether oxygens (including phenoxy) is 1. The number of nitrogens with two attached hydrogens (primary N) is 2. The van der Waals surface area contributed by atoms with Gasteiger partial charge in [0.1, 0.15) is 11.9 Å². The lowest BCUT2D eigenvalue weighted by molar-refractivity contribution is 0.0926. The Balaban J connectivity index is 1.64. The lowest BCUT2D eigenvalue weighted by Gasteiger charge is -2.30. The van der Waals surface area contributed by atoms with Crippen molar-refractivity contribution in [3.63, 3.8) is 0 Å². The Morgan fingerprint density at radius 1 is 1.16 bits per heavy atom. The number of benzene rings is 2. The molecule has 0 bridgehead atoms. The Bertz CT molecular complexity index is 792. The van der Waals surface area contributed by atoms with E-state index >= 15 is 0 Å². The summed E-state index contributed by atoms with van der Waals surface area (Å²) in [6.07, 6.45) is 1.92. The molecule has 25 heavy (non-hydrogen) atoms. The molecule has 0 aromatic heterocycles. The van der Waals surface area contributed by atoms with Crippen molar-refractivity contribution in [1.82, 2.24) is 4.90 Å². The highest BCUT2D eigenvalue weighted by Crippen LogP contribution is 2.39. The molecule has 1 unspecified atom stereocenters. The second-order valence-corrected chi connectivity index (χ2v) is 6.94. The van der Waals surface area contributed by atoms with Crippen LogP contribution < -0.4 is 16.2 Å². The highest BCUT2D eigenvalue weighted by Gasteiger charge is 2.40. The van der Waals surface area contributed by atoms with Crippen molar-refractivity contribution in [3.8, 4) is 5.75 Å². The van der Waals surface area contributed by atoms with Crippen molar-refractivity contribution in [1.29, 1.82) is 0 Å². The third-order valence-electron chi connectivity index (χ3n) is 5.25. The molecule has 0 radical (unpaired) electrons. The average Bonchev–Trinajstić information content (AvgIpc) is 3.19. The van der Waals surface area contributed by atoms with Crippen molar-refractivity contribution >= 4 is 5.91 Å². The van der Waals surface area contributed by atoms with Gasteiger partial charge in [-0.2, -0.15) is 0 Å². The van der Waals surface area contributed by atoms with E-state index in [1.54, 1.807) is 18.2 Å². The highest BCUT2D eigenvalue weighted by molar-refractivity contribution is 5.93. The molecule has 5 nitrogen and oxygen atoms in total. The lowest BCUT2D eigenvalue weighted by atomic mass is 10.1. The molecule has 1 aliphatic heterocycles. The van der Waals surface area contributed by atoms with Gasteiger partial charge in [-0.25, -0.2) is 0 Å². The van der Waals surface area contributed by atoms with E-state index in [-0.39, 0.29) is 18.2 Å². The summed E-state index contributed by atoms with van der Waals surface area (Å²) in [7, 11) is 0. The fourth-order valence-electron chi connectivity index (χ4n) is 3.99. The standard InChI is InChI=1S/C20H23N3O2/c21-15-8-9-23(12-15)18-11-13-4-1-2-7-17(13)19(18)25-16-6-3-5-14(10-16)20(22)24/h1-7,10,15,18-19H,8-9,11-12,21H2,(H2,22,24)/t15?,18-,19-/m1/s1. The van der Waals surface area contributed by atoms with Crippen LogP contribution in [0.1, 0.15) is 34.0 Å². The molecule has 1 saturated heterocycles. The van der Waals surface area contributed by atoms with Crippen LogP contribution in [0.4, 0.5) is 0 Å².